The number of benzene rings is 2. The second-order valence-electron chi connectivity index (χ2n) is 4.27. The molecule has 0 atom stereocenters. The molecule has 2 aromatic carbocycles. The maximum Gasteiger partial charge on any atom is 0.519 e. The molecule has 0 bridgehead atoms. The van der Waals surface area contributed by atoms with E-state index in [1.165, 1.54) is 24.3 Å². The van der Waals surface area contributed by atoms with Gasteiger partial charge in [0.1, 0.15) is 23.1 Å². The highest BCUT2D eigenvalue weighted by atomic mass is 19.1. The topological polar surface area (TPSA) is 35.5 Å². The Morgan fingerprint density at radius 2 is 1.25 bits per heavy atom. The van der Waals surface area contributed by atoms with E-state index in [1.807, 2.05) is 0 Å². The fourth-order valence-corrected chi connectivity index (χ4v) is 1.57. The quantitative estimate of drug-likeness (QED) is 0.611. The van der Waals surface area contributed by atoms with Gasteiger partial charge < -0.3 is 9.47 Å². The lowest BCUT2D eigenvalue weighted by molar-refractivity contribution is 0.151. The van der Waals surface area contributed by atoms with E-state index in [-0.39, 0.29) is 11.5 Å². The average Bonchev–Trinajstić information content (AvgIpc) is 2.38. The van der Waals surface area contributed by atoms with E-state index in [0.29, 0.717) is 11.1 Å². The van der Waals surface area contributed by atoms with E-state index in [1.54, 1.807) is 13.8 Å². The predicted octanol–water partition coefficient (Wildman–Crippen LogP) is 4.16. The molecule has 0 aliphatic rings. The third-order valence-electron chi connectivity index (χ3n) is 2.69. The summed E-state index contributed by atoms with van der Waals surface area (Å²) in [5, 5.41) is 0. The van der Waals surface area contributed by atoms with E-state index in [0.717, 1.165) is 12.1 Å². The monoisotopic (exact) mass is 278 g/mol. The van der Waals surface area contributed by atoms with Crippen molar-refractivity contribution in [1.29, 1.82) is 0 Å². The van der Waals surface area contributed by atoms with Gasteiger partial charge in [0.15, 0.2) is 0 Å². The van der Waals surface area contributed by atoms with Crippen molar-refractivity contribution in [2.24, 2.45) is 0 Å². The second kappa shape index (κ2) is 5.69. The zero-order valence-corrected chi connectivity index (χ0v) is 10.9. The van der Waals surface area contributed by atoms with Gasteiger partial charge in [0.25, 0.3) is 0 Å². The Hall–Kier alpha value is -2.43. The minimum absolute atomic E-state index is 0.0593. The SMILES string of the molecule is Cc1ccc(F)cc1OC(=O)Oc1cc(F)ccc1C. The molecular formula is C15H12F2O3. The molecule has 0 saturated carbocycles. The van der Waals surface area contributed by atoms with Gasteiger partial charge in [0.2, 0.25) is 0 Å². The summed E-state index contributed by atoms with van der Waals surface area (Å²) in [7, 11) is 0. The van der Waals surface area contributed by atoms with Crippen molar-refractivity contribution in [1.82, 2.24) is 0 Å². The maximum absolute atomic E-state index is 13.1. The number of halogens is 2. The van der Waals surface area contributed by atoms with Crippen LogP contribution >= 0.6 is 0 Å². The molecule has 0 fully saturated rings. The molecule has 0 unspecified atom stereocenters. The largest absolute Gasteiger partial charge is 0.519 e. The summed E-state index contributed by atoms with van der Waals surface area (Å²) in [6, 6.07) is 7.62. The Labute approximate surface area is 114 Å². The van der Waals surface area contributed by atoms with Crippen molar-refractivity contribution in [3.05, 3.63) is 59.2 Å². The van der Waals surface area contributed by atoms with Crippen molar-refractivity contribution in [2.45, 2.75) is 13.8 Å². The van der Waals surface area contributed by atoms with Crippen LogP contribution in [0.15, 0.2) is 36.4 Å². The van der Waals surface area contributed by atoms with Crippen LogP contribution in [-0.2, 0) is 0 Å². The Bertz CT molecular complexity index is 598. The summed E-state index contributed by atoms with van der Waals surface area (Å²) in [5.74, 6) is -0.936. The first-order valence-electron chi connectivity index (χ1n) is 5.87. The van der Waals surface area contributed by atoms with Crippen LogP contribution in [0.25, 0.3) is 0 Å². The predicted molar refractivity (Wildman–Crippen MR) is 68.9 cm³/mol. The molecule has 104 valence electrons. The van der Waals surface area contributed by atoms with Gasteiger partial charge in [0.05, 0.1) is 0 Å². The normalized spacial score (nSPS) is 10.2. The van der Waals surface area contributed by atoms with E-state index in [9.17, 15) is 13.6 Å². The Balaban J connectivity index is 2.13. The van der Waals surface area contributed by atoms with Gasteiger partial charge >= 0.3 is 6.16 Å². The fraction of sp³-hybridized carbons (Fsp3) is 0.133. The highest BCUT2D eigenvalue weighted by Gasteiger charge is 2.12. The van der Waals surface area contributed by atoms with Crippen LogP contribution in [-0.4, -0.2) is 6.16 Å². The van der Waals surface area contributed by atoms with E-state index >= 15 is 0 Å². The number of hydrogen-bond acceptors (Lipinski definition) is 3. The molecule has 0 heterocycles. The molecule has 5 heteroatoms. The van der Waals surface area contributed by atoms with Gasteiger partial charge in [-0.05, 0) is 37.1 Å². The number of carbonyl (C=O) groups excluding carboxylic acids is 1. The van der Waals surface area contributed by atoms with Crippen molar-refractivity contribution >= 4 is 6.16 Å². The third-order valence-corrected chi connectivity index (χ3v) is 2.69. The highest BCUT2D eigenvalue weighted by molar-refractivity contribution is 5.68. The van der Waals surface area contributed by atoms with Crippen LogP contribution < -0.4 is 9.47 Å². The van der Waals surface area contributed by atoms with Crippen LogP contribution in [0.4, 0.5) is 13.6 Å². The summed E-state index contributed by atoms with van der Waals surface area (Å²) in [6.45, 7) is 3.32. The molecule has 0 amide bonds. The summed E-state index contributed by atoms with van der Waals surface area (Å²) >= 11 is 0. The average molecular weight is 278 g/mol. The Morgan fingerprint density at radius 1 is 0.850 bits per heavy atom. The fourth-order valence-electron chi connectivity index (χ4n) is 1.57. The van der Waals surface area contributed by atoms with Gasteiger partial charge in [-0.15, -0.1) is 0 Å². The lowest BCUT2D eigenvalue weighted by Crippen LogP contribution is -2.15. The zero-order chi connectivity index (χ0) is 14.7. The Morgan fingerprint density at radius 3 is 1.65 bits per heavy atom. The van der Waals surface area contributed by atoms with Crippen molar-refractivity contribution in [2.75, 3.05) is 0 Å². The first-order chi connectivity index (χ1) is 9.45. The molecule has 20 heavy (non-hydrogen) atoms. The van der Waals surface area contributed by atoms with E-state index in [2.05, 4.69) is 0 Å². The van der Waals surface area contributed by atoms with Gasteiger partial charge in [-0.1, -0.05) is 12.1 Å². The molecule has 0 aliphatic heterocycles. The lowest BCUT2D eigenvalue weighted by Gasteiger charge is -2.09. The minimum atomic E-state index is -1.05. The van der Waals surface area contributed by atoms with Crippen LogP contribution in [0.1, 0.15) is 11.1 Å². The molecule has 0 aromatic heterocycles. The Kier molecular flexibility index (Phi) is 3.98. The molecule has 0 radical (unpaired) electrons. The van der Waals surface area contributed by atoms with Crippen LogP contribution in [0, 0.1) is 25.5 Å². The van der Waals surface area contributed by atoms with E-state index < -0.39 is 17.8 Å². The van der Waals surface area contributed by atoms with Gasteiger partial charge in [0, 0.05) is 12.1 Å². The molecule has 0 spiro atoms. The standard InChI is InChI=1S/C15H12F2O3/c1-9-3-5-11(16)7-13(9)19-15(18)20-14-8-12(17)6-4-10(14)2/h3-8H,1-2H3. The number of aryl methyl sites for hydroxylation is 2. The first-order valence-corrected chi connectivity index (χ1v) is 5.87. The summed E-state index contributed by atoms with van der Waals surface area (Å²) < 4.78 is 35.9. The minimum Gasteiger partial charge on any atom is -0.394 e. The smallest absolute Gasteiger partial charge is 0.394 e. The van der Waals surface area contributed by atoms with E-state index in [4.69, 9.17) is 9.47 Å². The first kappa shape index (κ1) is 14.0. The van der Waals surface area contributed by atoms with Crippen molar-refractivity contribution < 1.29 is 23.0 Å². The summed E-state index contributed by atoms with van der Waals surface area (Å²) in [5.41, 5.74) is 1.17. The molecule has 2 aromatic rings. The van der Waals surface area contributed by atoms with Gasteiger partial charge in [-0.25, -0.2) is 13.6 Å². The summed E-state index contributed by atoms with van der Waals surface area (Å²) in [4.78, 5) is 11.6. The number of rotatable bonds is 2. The molecule has 0 N–H and O–H groups in total. The van der Waals surface area contributed by atoms with Gasteiger partial charge in [-0.2, -0.15) is 0 Å². The molecular weight excluding hydrogens is 266 g/mol. The van der Waals surface area contributed by atoms with Gasteiger partial charge in [-0.3, -0.25) is 0 Å². The van der Waals surface area contributed by atoms with Crippen LogP contribution in [0.2, 0.25) is 0 Å². The second-order valence-corrected chi connectivity index (χ2v) is 4.27. The van der Waals surface area contributed by atoms with Crippen molar-refractivity contribution in [3.63, 3.8) is 0 Å². The number of carbonyl (C=O) groups is 1. The highest BCUT2D eigenvalue weighted by Crippen LogP contribution is 2.22. The molecule has 0 saturated heterocycles. The zero-order valence-electron chi connectivity index (χ0n) is 10.9. The number of hydrogen-bond donors (Lipinski definition) is 0. The molecule has 0 aliphatic carbocycles. The molecule has 3 nitrogen and oxygen atoms in total. The third kappa shape index (κ3) is 3.32. The van der Waals surface area contributed by atoms with Crippen LogP contribution in [0.5, 0.6) is 11.5 Å². The molecule has 2 rings (SSSR count). The number of ether oxygens (including phenoxy) is 2. The maximum atomic E-state index is 13.1. The lowest BCUT2D eigenvalue weighted by atomic mass is 10.2. The summed E-state index contributed by atoms with van der Waals surface area (Å²) in [6.07, 6.45) is -1.05. The van der Waals surface area contributed by atoms with Crippen LogP contribution in [0.3, 0.4) is 0 Å². The van der Waals surface area contributed by atoms with Crippen molar-refractivity contribution in [3.8, 4) is 11.5 Å².